The third kappa shape index (κ3) is 5.21. The SMILES string of the molecule is COc1ccc(C(OC[C@H]2O[C@@H](n3ccc4ccccc4c3=S)C[C@@H]2O)(c2ccccc2)c2ccc(OC)cc2)cc1. The largest absolute Gasteiger partial charge is 0.497 e. The minimum absolute atomic E-state index is 0.144. The number of benzene rings is 4. The Morgan fingerprint density at radius 1 is 0.786 bits per heavy atom. The van der Waals surface area contributed by atoms with Gasteiger partial charge in [-0.2, -0.15) is 0 Å². The normalized spacial score (nSPS) is 18.7. The highest BCUT2D eigenvalue weighted by atomic mass is 32.1. The molecule has 2 heterocycles. The Kier molecular flexibility index (Phi) is 8.09. The maximum atomic E-state index is 11.2. The van der Waals surface area contributed by atoms with E-state index in [4.69, 9.17) is 31.2 Å². The van der Waals surface area contributed by atoms with E-state index in [2.05, 4.69) is 12.1 Å². The fourth-order valence-corrected chi connectivity index (χ4v) is 6.11. The van der Waals surface area contributed by atoms with Crippen LogP contribution in [-0.2, 0) is 15.1 Å². The van der Waals surface area contributed by atoms with Crippen LogP contribution in [-0.4, -0.2) is 42.7 Å². The summed E-state index contributed by atoms with van der Waals surface area (Å²) >= 11 is 5.81. The van der Waals surface area contributed by atoms with Crippen LogP contribution in [0.1, 0.15) is 29.3 Å². The van der Waals surface area contributed by atoms with E-state index in [0.29, 0.717) is 11.1 Å². The summed E-state index contributed by atoms with van der Waals surface area (Å²) in [5, 5.41) is 13.2. The molecule has 5 aromatic rings. The van der Waals surface area contributed by atoms with Gasteiger partial charge in [0.05, 0.1) is 26.9 Å². The van der Waals surface area contributed by atoms with Crippen molar-refractivity contribution in [3.8, 4) is 11.5 Å². The van der Waals surface area contributed by atoms with Crippen molar-refractivity contribution < 1.29 is 24.1 Å². The number of methoxy groups -OCH3 is 2. The van der Waals surface area contributed by atoms with Gasteiger partial charge in [0.15, 0.2) is 0 Å². The maximum Gasteiger partial charge on any atom is 0.143 e. The van der Waals surface area contributed by atoms with Gasteiger partial charge < -0.3 is 28.6 Å². The van der Waals surface area contributed by atoms with Gasteiger partial charge in [0.1, 0.15) is 34.1 Å². The molecule has 0 spiro atoms. The lowest BCUT2D eigenvalue weighted by molar-refractivity contribution is -0.0938. The first-order valence-electron chi connectivity index (χ1n) is 14.0. The molecule has 6 rings (SSSR count). The quantitative estimate of drug-likeness (QED) is 0.149. The van der Waals surface area contributed by atoms with E-state index in [-0.39, 0.29) is 6.61 Å². The van der Waals surface area contributed by atoms with Gasteiger partial charge in [0.25, 0.3) is 0 Å². The van der Waals surface area contributed by atoms with Gasteiger partial charge in [-0.25, -0.2) is 0 Å². The van der Waals surface area contributed by atoms with Crippen LogP contribution in [0.3, 0.4) is 0 Å². The Balaban J connectivity index is 1.37. The van der Waals surface area contributed by atoms with Gasteiger partial charge in [-0.15, -0.1) is 0 Å². The van der Waals surface area contributed by atoms with Crippen molar-refractivity contribution in [1.29, 1.82) is 0 Å². The first-order valence-corrected chi connectivity index (χ1v) is 14.4. The fraction of sp³-hybridized carbons (Fsp3) is 0.229. The summed E-state index contributed by atoms with van der Waals surface area (Å²) in [6, 6.07) is 35.9. The zero-order valence-electron chi connectivity index (χ0n) is 23.6. The highest BCUT2D eigenvalue weighted by Crippen LogP contribution is 2.43. The molecule has 0 aliphatic carbocycles. The molecule has 0 saturated carbocycles. The Labute approximate surface area is 250 Å². The molecule has 42 heavy (non-hydrogen) atoms. The lowest BCUT2D eigenvalue weighted by Gasteiger charge is -2.37. The lowest BCUT2D eigenvalue weighted by atomic mass is 9.80. The average molecular weight is 580 g/mol. The second-order valence-electron chi connectivity index (χ2n) is 10.4. The fourth-order valence-electron chi connectivity index (χ4n) is 5.75. The summed E-state index contributed by atoms with van der Waals surface area (Å²) in [4.78, 5) is 0. The van der Waals surface area contributed by atoms with Gasteiger partial charge in [-0.1, -0.05) is 91.1 Å². The number of hydrogen-bond donors (Lipinski definition) is 1. The van der Waals surface area contributed by atoms with Gasteiger partial charge in [0.2, 0.25) is 0 Å². The van der Waals surface area contributed by atoms with Gasteiger partial charge in [-0.3, -0.25) is 0 Å². The molecular formula is C35H33NO5S. The van der Waals surface area contributed by atoms with Crippen LogP contribution in [0.4, 0.5) is 0 Å². The third-order valence-electron chi connectivity index (χ3n) is 7.99. The van der Waals surface area contributed by atoms with E-state index in [1.807, 2.05) is 108 Å². The number of fused-ring (bicyclic) bond motifs is 1. The van der Waals surface area contributed by atoms with E-state index in [1.165, 1.54) is 0 Å². The zero-order valence-corrected chi connectivity index (χ0v) is 24.4. The molecule has 1 aromatic heterocycles. The monoisotopic (exact) mass is 579 g/mol. The number of ether oxygens (including phenoxy) is 4. The molecule has 6 nitrogen and oxygen atoms in total. The topological polar surface area (TPSA) is 62.1 Å². The zero-order chi connectivity index (χ0) is 29.1. The first-order chi connectivity index (χ1) is 20.5. The van der Waals surface area contributed by atoms with E-state index < -0.39 is 24.0 Å². The molecule has 4 aromatic carbocycles. The van der Waals surface area contributed by atoms with Gasteiger partial charge in [-0.05, 0) is 52.4 Å². The van der Waals surface area contributed by atoms with Crippen LogP contribution >= 0.6 is 12.2 Å². The van der Waals surface area contributed by atoms with E-state index >= 15 is 0 Å². The van der Waals surface area contributed by atoms with Crippen LogP contribution in [0.2, 0.25) is 0 Å². The van der Waals surface area contributed by atoms with Crippen molar-refractivity contribution in [1.82, 2.24) is 4.57 Å². The van der Waals surface area contributed by atoms with Crippen LogP contribution in [0.5, 0.6) is 11.5 Å². The standard InChI is InChI=1S/C35H33NO5S/c1-38-28-16-12-26(13-17-28)35(25-9-4-3-5-10-25,27-14-18-29(39-2)19-15-27)40-23-32-31(37)22-33(41-32)36-21-20-24-8-6-7-11-30(24)34(36)42/h3-21,31-33,37H,22-23H2,1-2H3/t31-,32+,33+/m0/s1. The van der Waals surface area contributed by atoms with Crippen molar-refractivity contribution in [2.45, 2.75) is 30.5 Å². The van der Waals surface area contributed by atoms with Crippen LogP contribution in [0.15, 0.2) is 115 Å². The number of pyridine rings is 1. The molecule has 0 unspecified atom stereocenters. The van der Waals surface area contributed by atoms with Crippen molar-refractivity contribution in [2.75, 3.05) is 20.8 Å². The highest BCUT2D eigenvalue weighted by molar-refractivity contribution is 7.71. The Morgan fingerprint density at radius 2 is 1.36 bits per heavy atom. The average Bonchev–Trinajstić information content (AvgIpc) is 3.42. The van der Waals surface area contributed by atoms with Crippen molar-refractivity contribution in [3.05, 3.63) is 137 Å². The lowest BCUT2D eigenvalue weighted by Crippen LogP contribution is -2.38. The van der Waals surface area contributed by atoms with E-state index in [0.717, 1.165) is 39.0 Å². The second-order valence-corrected chi connectivity index (χ2v) is 10.7. The molecule has 1 fully saturated rings. The maximum absolute atomic E-state index is 11.2. The minimum Gasteiger partial charge on any atom is -0.497 e. The van der Waals surface area contributed by atoms with Gasteiger partial charge in [0, 0.05) is 18.0 Å². The van der Waals surface area contributed by atoms with Crippen molar-refractivity contribution in [2.24, 2.45) is 0 Å². The number of hydrogen-bond acceptors (Lipinski definition) is 6. The number of rotatable bonds is 9. The summed E-state index contributed by atoms with van der Waals surface area (Å²) in [5.41, 5.74) is 1.78. The second kappa shape index (κ2) is 12.1. The summed E-state index contributed by atoms with van der Waals surface area (Å²) in [5.74, 6) is 1.50. The molecular weight excluding hydrogens is 546 g/mol. The van der Waals surface area contributed by atoms with Gasteiger partial charge >= 0.3 is 0 Å². The van der Waals surface area contributed by atoms with Crippen LogP contribution < -0.4 is 9.47 Å². The molecule has 214 valence electrons. The Bertz CT molecular complexity index is 1650. The summed E-state index contributed by atoms with van der Waals surface area (Å²) in [7, 11) is 3.30. The summed E-state index contributed by atoms with van der Waals surface area (Å²) < 4.78 is 26.9. The number of nitrogens with zero attached hydrogens (tertiary/aromatic N) is 1. The molecule has 1 aliphatic rings. The predicted molar refractivity (Wildman–Crippen MR) is 166 cm³/mol. The molecule has 1 saturated heterocycles. The van der Waals surface area contributed by atoms with Crippen LogP contribution in [0.25, 0.3) is 10.8 Å². The summed E-state index contributed by atoms with van der Waals surface area (Å²) in [6.07, 6.45) is 0.642. The predicted octanol–water partition coefficient (Wildman–Crippen LogP) is 7.05. The molecule has 7 heteroatoms. The van der Waals surface area contributed by atoms with Crippen LogP contribution in [0, 0.1) is 4.64 Å². The molecule has 0 bridgehead atoms. The molecule has 0 amide bonds. The number of aromatic nitrogens is 1. The Morgan fingerprint density at radius 3 is 1.98 bits per heavy atom. The minimum atomic E-state index is -1.000. The molecule has 0 radical (unpaired) electrons. The van der Waals surface area contributed by atoms with E-state index in [9.17, 15) is 5.11 Å². The molecule has 1 N–H and O–H groups in total. The van der Waals surface area contributed by atoms with E-state index in [1.54, 1.807) is 14.2 Å². The Hall–Kier alpha value is -4.01. The first kappa shape index (κ1) is 28.1. The highest BCUT2D eigenvalue weighted by Gasteiger charge is 2.42. The van der Waals surface area contributed by atoms with Crippen molar-refractivity contribution >= 4 is 23.0 Å². The smallest absolute Gasteiger partial charge is 0.143 e. The summed E-state index contributed by atoms with van der Waals surface area (Å²) in [6.45, 7) is 0.144. The van der Waals surface area contributed by atoms with Crippen molar-refractivity contribution in [3.63, 3.8) is 0 Å². The third-order valence-corrected chi connectivity index (χ3v) is 8.42. The molecule has 3 atom stereocenters. The number of aliphatic hydroxyl groups excluding tert-OH is 1. The number of aliphatic hydroxyl groups is 1. The molecule has 1 aliphatic heterocycles.